The number of aromatic nitrogens is 4. The summed E-state index contributed by atoms with van der Waals surface area (Å²) in [5.41, 5.74) is 13.0. The van der Waals surface area contributed by atoms with Crippen LogP contribution in [0.2, 0.25) is 0 Å². The highest BCUT2D eigenvalue weighted by atomic mass is 19.1. The molecule has 1 aliphatic rings. The minimum Gasteiger partial charge on any atom is -0.380 e. The Hall–Kier alpha value is -5.13. The van der Waals surface area contributed by atoms with E-state index in [4.69, 9.17) is 16.0 Å². The van der Waals surface area contributed by atoms with Crippen LogP contribution in [0.5, 0.6) is 0 Å². The van der Waals surface area contributed by atoms with Crippen LogP contribution in [0.3, 0.4) is 0 Å². The number of primary amides is 1. The van der Waals surface area contributed by atoms with Crippen LogP contribution in [0.4, 0.5) is 15.9 Å². The molecule has 0 spiro atoms. The van der Waals surface area contributed by atoms with E-state index in [0.29, 0.717) is 35.3 Å². The quantitative estimate of drug-likeness (QED) is 0.357. The minimum atomic E-state index is -0.815. The van der Waals surface area contributed by atoms with Crippen LogP contribution in [-0.2, 0) is 9.59 Å². The van der Waals surface area contributed by atoms with Crippen molar-refractivity contribution in [3.8, 4) is 16.9 Å². The first-order chi connectivity index (χ1) is 17.8. The van der Waals surface area contributed by atoms with E-state index in [0.717, 1.165) is 0 Å². The molecule has 0 aliphatic carbocycles. The van der Waals surface area contributed by atoms with Gasteiger partial charge in [0, 0.05) is 23.9 Å². The molecule has 4 heterocycles. The van der Waals surface area contributed by atoms with Gasteiger partial charge in [-0.3, -0.25) is 19.4 Å². The van der Waals surface area contributed by atoms with Crippen molar-refractivity contribution in [1.82, 2.24) is 19.9 Å². The van der Waals surface area contributed by atoms with Crippen LogP contribution in [0, 0.1) is 5.82 Å². The first-order valence-corrected chi connectivity index (χ1v) is 11.3. The fourth-order valence-corrected chi connectivity index (χ4v) is 4.52. The Morgan fingerprint density at radius 3 is 2.62 bits per heavy atom. The SMILES string of the molecule is NC(=O)c1nn(-c2ccc3onc(N)c3c2)c2c(F)c(-c3ccc(N4CCCC(=O)C4=O)cn3)ccc12. The van der Waals surface area contributed by atoms with Crippen molar-refractivity contribution in [2.75, 3.05) is 17.2 Å². The summed E-state index contributed by atoms with van der Waals surface area (Å²) in [4.78, 5) is 41.8. The fraction of sp³-hybridized carbons (Fsp3) is 0.120. The summed E-state index contributed by atoms with van der Waals surface area (Å²) in [5, 5.41) is 8.73. The van der Waals surface area contributed by atoms with E-state index in [1.807, 2.05) is 0 Å². The zero-order valence-electron chi connectivity index (χ0n) is 19.1. The van der Waals surface area contributed by atoms with Crippen LogP contribution in [0.15, 0.2) is 53.2 Å². The summed E-state index contributed by atoms with van der Waals surface area (Å²) >= 11 is 0. The topological polar surface area (TPSA) is 163 Å². The van der Waals surface area contributed by atoms with Gasteiger partial charge in [-0.25, -0.2) is 9.07 Å². The lowest BCUT2D eigenvalue weighted by Crippen LogP contribution is -2.41. The number of benzene rings is 2. The number of hydrogen-bond acceptors (Lipinski definition) is 8. The number of ketones is 1. The van der Waals surface area contributed by atoms with Gasteiger partial charge in [0.05, 0.1) is 28.7 Å². The molecule has 2 aromatic carbocycles. The molecular formula is C25H18FN7O4. The molecule has 1 saturated heterocycles. The number of nitrogen functional groups attached to an aromatic ring is 1. The zero-order chi connectivity index (χ0) is 25.8. The molecule has 11 nitrogen and oxygen atoms in total. The standard InChI is InChI=1S/C25H18FN7O4/c26-20-14(17-7-3-13(11-29-17)32-9-1-2-18(34)25(32)36)5-6-15-21(24(28)35)30-33(22(15)20)12-4-8-19-16(10-12)23(27)31-37-19/h3-8,10-11H,1-2,9H2,(H2,27,31)(H2,28,35). The average molecular weight is 499 g/mol. The second-order valence-corrected chi connectivity index (χ2v) is 8.58. The molecule has 184 valence electrons. The Bertz CT molecular complexity index is 1760. The Morgan fingerprint density at radius 1 is 1.05 bits per heavy atom. The highest BCUT2D eigenvalue weighted by molar-refractivity contribution is 6.41. The lowest BCUT2D eigenvalue weighted by Gasteiger charge is -2.25. The molecule has 0 bridgehead atoms. The summed E-state index contributed by atoms with van der Waals surface area (Å²) in [6.07, 6.45) is 2.21. The second kappa shape index (κ2) is 8.22. The van der Waals surface area contributed by atoms with E-state index in [1.165, 1.54) is 21.8 Å². The molecular weight excluding hydrogens is 481 g/mol. The van der Waals surface area contributed by atoms with Gasteiger partial charge in [0.25, 0.3) is 11.8 Å². The molecule has 1 aliphatic heterocycles. The monoisotopic (exact) mass is 499 g/mol. The third-order valence-electron chi connectivity index (χ3n) is 6.35. The summed E-state index contributed by atoms with van der Waals surface area (Å²) in [7, 11) is 0. The maximum Gasteiger partial charge on any atom is 0.294 e. The number of amides is 2. The van der Waals surface area contributed by atoms with Gasteiger partial charge < -0.3 is 20.9 Å². The number of nitrogens with two attached hydrogens (primary N) is 2. The molecule has 0 radical (unpaired) electrons. The number of fused-ring (bicyclic) bond motifs is 2. The van der Waals surface area contributed by atoms with Gasteiger partial charge in [-0.15, -0.1) is 0 Å². The number of rotatable bonds is 4. The molecule has 5 aromatic rings. The number of pyridine rings is 1. The van der Waals surface area contributed by atoms with Gasteiger partial charge in [-0.1, -0.05) is 5.16 Å². The van der Waals surface area contributed by atoms with Gasteiger partial charge >= 0.3 is 0 Å². The number of carbonyl (C=O) groups is 3. The number of Topliss-reactive ketones (excluding diaryl/α,β-unsaturated/α-hetero) is 1. The molecule has 1 fully saturated rings. The number of hydrogen-bond donors (Lipinski definition) is 2. The van der Waals surface area contributed by atoms with Gasteiger partial charge in [0.2, 0.25) is 5.78 Å². The predicted octanol–water partition coefficient (Wildman–Crippen LogP) is 2.74. The Labute approximate surface area is 207 Å². The van der Waals surface area contributed by atoms with E-state index in [2.05, 4.69) is 15.2 Å². The summed E-state index contributed by atoms with van der Waals surface area (Å²) in [5.74, 6) is -2.37. The molecule has 6 rings (SSSR count). The number of halogens is 1. The van der Waals surface area contributed by atoms with E-state index in [1.54, 1.807) is 36.4 Å². The summed E-state index contributed by atoms with van der Waals surface area (Å²) in [6.45, 7) is 0.405. The smallest absolute Gasteiger partial charge is 0.294 e. The Balaban J connectivity index is 1.48. The van der Waals surface area contributed by atoms with Crippen molar-refractivity contribution in [3.05, 3.63) is 60.2 Å². The van der Waals surface area contributed by atoms with Crippen LogP contribution >= 0.6 is 0 Å². The highest BCUT2D eigenvalue weighted by Crippen LogP contribution is 2.33. The first-order valence-electron chi connectivity index (χ1n) is 11.3. The van der Waals surface area contributed by atoms with Crippen molar-refractivity contribution in [1.29, 1.82) is 0 Å². The van der Waals surface area contributed by atoms with Crippen molar-refractivity contribution in [2.24, 2.45) is 5.73 Å². The van der Waals surface area contributed by atoms with Crippen LogP contribution in [0.1, 0.15) is 23.3 Å². The first kappa shape index (κ1) is 22.3. The summed E-state index contributed by atoms with van der Waals surface area (Å²) in [6, 6.07) is 11.1. The van der Waals surface area contributed by atoms with Crippen molar-refractivity contribution in [2.45, 2.75) is 12.8 Å². The molecule has 12 heteroatoms. The van der Waals surface area contributed by atoms with Gasteiger partial charge in [-0.2, -0.15) is 5.10 Å². The van der Waals surface area contributed by atoms with E-state index in [-0.39, 0.29) is 40.1 Å². The maximum absolute atomic E-state index is 16.1. The average Bonchev–Trinajstić information content (AvgIpc) is 3.47. The third-order valence-corrected chi connectivity index (χ3v) is 6.35. The number of anilines is 2. The normalized spacial score (nSPS) is 14.1. The van der Waals surface area contributed by atoms with E-state index >= 15 is 4.39 Å². The van der Waals surface area contributed by atoms with Crippen molar-refractivity contribution >= 4 is 51.0 Å². The van der Waals surface area contributed by atoms with Crippen molar-refractivity contribution < 1.29 is 23.3 Å². The molecule has 4 N–H and O–H groups in total. The third kappa shape index (κ3) is 3.49. The largest absolute Gasteiger partial charge is 0.380 e. The maximum atomic E-state index is 16.1. The number of carbonyl (C=O) groups excluding carboxylic acids is 3. The lowest BCUT2D eigenvalue weighted by atomic mass is 10.1. The van der Waals surface area contributed by atoms with Crippen molar-refractivity contribution in [3.63, 3.8) is 0 Å². The van der Waals surface area contributed by atoms with Gasteiger partial charge in [-0.05, 0) is 48.9 Å². The predicted molar refractivity (Wildman–Crippen MR) is 131 cm³/mol. The lowest BCUT2D eigenvalue weighted by molar-refractivity contribution is -0.137. The molecule has 3 aromatic heterocycles. The molecule has 2 amide bonds. The van der Waals surface area contributed by atoms with Crippen LogP contribution in [-0.4, -0.2) is 44.1 Å². The van der Waals surface area contributed by atoms with E-state index in [9.17, 15) is 14.4 Å². The molecule has 0 unspecified atom stereocenters. The number of nitrogens with zero attached hydrogens (tertiary/aromatic N) is 5. The zero-order valence-corrected chi connectivity index (χ0v) is 19.1. The van der Waals surface area contributed by atoms with Crippen LogP contribution in [0.25, 0.3) is 38.8 Å². The Kier molecular flexibility index (Phi) is 4.97. The molecule has 0 saturated carbocycles. The Morgan fingerprint density at radius 2 is 1.86 bits per heavy atom. The van der Waals surface area contributed by atoms with Gasteiger partial charge in [0.1, 0.15) is 5.52 Å². The fourth-order valence-electron chi connectivity index (χ4n) is 4.52. The molecule has 37 heavy (non-hydrogen) atoms. The number of piperidine rings is 1. The summed E-state index contributed by atoms with van der Waals surface area (Å²) < 4.78 is 22.5. The van der Waals surface area contributed by atoms with E-state index < -0.39 is 23.4 Å². The second-order valence-electron chi connectivity index (χ2n) is 8.58. The van der Waals surface area contributed by atoms with Crippen LogP contribution < -0.4 is 16.4 Å². The minimum absolute atomic E-state index is 0.0170. The van der Waals surface area contributed by atoms with Gasteiger partial charge in [0.15, 0.2) is 22.9 Å². The molecule has 0 atom stereocenters. The highest BCUT2D eigenvalue weighted by Gasteiger charge is 2.28.